The Labute approximate surface area is 89.7 Å². The molecule has 0 aliphatic carbocycles. The zero-order valence-electron chi connectivity index (χ0n) is 8.66. The van der Waals surface area contributed by atoms with E-state index >= 15 is 0 Å². The molecule has 2 nitrogen and oxygen atoms in total. The molecule has 0 aromatic heterocycles. The van der Waals surface area contributed by atoms with Crippen molar-refractivity contribution in [3.63, 3.8) is 0 Å². The quantitative estimate of drug-likeness (QED) is 0.729. The topological polar surface area (TPSA) is 32.3 Å². The van der Waals surface area contributed by atoms with E-state index in [-0.39, 0.29) is 12.6 Å². The molecule has 0 amide bonds. The van der Waals surface area contributed by atoms with Gasteiger partial charge in [0, 0.05) is 17.5 Å². The third-order valence-electron chi connectivity index (χ3n) is 2.09. The number of aliphatic hydroxyl groups is 1. The molecular formula is C11H17NOS. The molecule has 2 N–H and O–H groups in total. The second-order valence-corrected chi connectivity index (χ2v) is 4.19. The predicted molar refractivity (Wildman–Crippen MR) is 61.6 cm³/mol. The smallest absolute Gasteiger partial charge is 0.0582 e. The normalized spacial score (nSPS) is 12.8. The van der Waals surface area contributed by atoms with Crippen molar-refractivity contribution in [1.82, 2.24) is 5.32 Å². The molecule has 1 atom stereocenters. The third kappa shape index (κ3) is 3.70. The van der Waals surface area contributed by atoms with Crippen LogP contribution in [0.3, 0.4) is 0 Å². The molecule has 0 heterocycles. The molecule has 0 fully saturated rings. The highest BCUT2D eigenvalue weighted by atomic mass is 32.2. The van der Waals surface area contributed by atoms with Crippen molar-refractivity contribution in [3.8, 4) is 0 Å². The van der Waals surface area contributed by atoms with Gasteiger partial charge >= 0.3 is 0 Å². The minimum atomic E-state index is 0.162. The number of aliphatic hydroxyl groups excluding tert-OH is 1. The highest BCUT2D eigenvalue weighted by Crippen LogP contribution is 2.14. The maximum atomic E-state index is 8.83. The van der Waals surface area contributed by atoms with Crippen LogP contribution in [0.15, 0.2) is 29.2 Å². The summed E-state index contributed by atoms with van der Waals surface area (Å²) in [6, 6.07) is 8.62. The van der Waals surface area contributed by atoms with Crippen molar-refractivity contribution < 1.29 is 5.11 Å². The molecule has 78 valence electrons. The lowest BCUT2D eigenvalue weighted by molar-refractivity contribution is 0.251. The van der Waals surface area contributed by atoms with Gasteiger partial charge < -0.3 is 10.4 Å². The fourth-order valence-corrected chi connectivity index (χ4v) is 1.51. The molecule has 0 aliphatic rings. The van der Waals surface area contributed by atoms with Crippen LogP contribution in [0.5, 0.6) is 0 Å². The Morgan fingerprint density at radius 2 is 2.00 bits per heavy atom. The fraction of sp³-hybridized carbons (Fsp3) is 0.455. The molecule has 0 bridgehead atoms. The maximum absolute atomic E-state index is 8.83. The Morgan fingerprint density at radius 1 is 1.36 bits per heavy atom. The van der Waals surface area contributed by atoms with E-state index in [1.807, 2.05) is 6.92 Å². The van der Waals surface area contributed by atoms with Crippen LogP contribution in [-0.4, -0.2) is 24.0 Å². The first-order chi connectivity index (χ1) is 6.76. The molecular weight excluding hydrogens is 194 g/mol. The van der Waals surface area contributed by atoms with Crippen LogP contribution in [0.2, 0.25) is 0 Å². The summed E-state index contributed by atoms with van der Waals surface area (Å²) in [5, 5.41) is 12.1. The Balaban J connectivity index is 2.43. The van der Waals surface area contributed by atoms with Crippen LogP contribution < -0.4 is 5.32 Å². The van der Waals surface area contributed by atoms with Gasteiger partial charge in [0.2, 0.25) is 0 Å². The minimum Gasteiger partial charge on any atom is -0.395 e. The van der Waals surface area contributed by atoms with Gasteiger partial charge in [-0.05, 0) is 30.9 Å². The maximum Gasteiger partial charge on any atom is 0.0582 e. The summed E-state index contributed by atoms with van der Waals surface area (Å²) in [5.74, 6) is 0. The average Bonchev–Trinajstić information content (AvgIpc) is 2.26. The van der Waals surface area contributed by atoms with E-state index < -0.39 is 0 Å². The predicted octanol–water partition coefficient (Wildman–Crippen LogP) is 1.88. The van der Waals surface area contributed by atoms with Crippen molar-refractivity contribution in [1.29, 1.82) is 0 Å². The van der Waals surface area contributed by atoms with Crippen molar-refractivity contribution in [3.05, 3.63) is 29.8 Å². The molecule has 0 unspecified atom stereocenters. The van der Waals surface area contributed by atoms with Gasteiger partial charge in [-0.15, -0.1) is 11.8 Å². The largest absolute Gasteiger partial charge is 0.395 e. The number of benzene rings is 1. The molecule has 1 aromatic rings. The van der Waals surface area contributed by atoms with Gasteiger partial charge in [0.25, 0.3) is 0 Å². The van der Waals surface area contributed by atoms with E-state index in [2.05, 4.69) is 35.8 Å². The fourth-order valence-electron chi connectivity index (χ4n) is 1.10. The molecule has 3 heteroatoms. The SMILES string of the molecule is CSc1ccc(CN[C@H](C)CO)cc1. The summed E-state index contributed by atoms with van der Waals surface area (Å²) in [7, 11) is 0. The van der Waals surface area contributed by atoms with Gasteiger partial charge in [0.05, 0.1) is 6.61 Å². The zero-order valence-corrected chi connectivity index (χ0v) is 9.47. The molecule has 0 spiro atoms. The lowest BCUT2D eigenvalue weighted by Gasteiger charge is -2.10. The summed E-state index contributed by atoms with van der Waals surface area (Å²) in [4.78, 5) is 1.28. The average molecular weight is 211 g/mol. The summed E-state index contributed by atoms with van der Waals surface area (Å²) in [6.45, 7) is 2.97. The molecule has 0 saturated heterocycles. The Bertz CT molecular complexity index is 260. The Kier molecular flexibility index (Phi) is 5.01. The molecule has 0 saturated carbocycles. The molecule has 0 aliphatic heterocycles. The van der Waals surface area contributed by atoms with Crippen molar-refractivity contribution in [2.75, 3.05) is 12.9 Å². The highest BCUT2D eigenvalue weighted by molar-refractivity contribution is 7.98. The second-order valence-electron chi connectivity index (χ2n) is 3.31. The second kappa shape index (κ2) is 6.06. The first kappa shape index (κ1) is 11.6. The molecule has 1 aromatic carbocycles. The third-order valence-corrected chi connectivity index (χ3v) is 2.83. The van der Waals surface area contributed by atoms with Crippen LogP contribution in [0.25, 0.3) is 0 Å². The van der Waals surface area contributed by atoms with Crippen LogP contribution in [0, 0.1) is 0 Å². The van der Waals surface area contributed by atoms with Gasteiger partial charge in [0.15, 0.2) is 0 Å². The zero-order chi connectivity index (χ0) is 10.4. The summed E-state index contributed by atoms with van der Waals surface area (Å²) in [5.41, 5.74) is 1.25. The Hall–Kier alpha value is -0.510. The van der Waals surface area contributed by atoms with Crippen molar-refractivity contribution in [2.24, 2.45) is 0 Å². The first-order valence-electron chi connectivity index (χ1n) is 4.73. The standard InChI is InChI=1S/C11H17NOS/c1-9(8-13)12-7-10-3-5-11(14-2)6-4-10/h3-6,9,12-13H,7-8H2,1-2H3/t9-/m1/s1. The van der Waals surface area contributed by atoms with E-state index in [4.69, 9.17) is 5.11 Å². The van der Waals surface area contributed by atoms with Crippen LogP contribution >= 0.6 is 11.8 Å². The molecule has 1 rings (SSSR count). The number of rotatable bonds is 5. The Morgan fingerprint density at radius 3 is 2.50 bits per heavy atom. The van der Waals surface area contributed by atoms with Crippen LogP contribution in [0.1, 0.15) is 12.5 Å². The lowest BCUT2D eigenvalue weighted by atomic mass is 10.2. The van der Waals surface area contributed by atoms with E-state index in [9.17, 15) is 0 Å². The van der Waals surface area contributed by atoms with Gasteiger partial charge in [-0.2, -0.15) is 0 Å². The van der Waals surface area contributed by atoms with Crippen molar-refractivity contribution >= 4 is 11.8 Å². The highest BCUT2D eigenvalue weighted by Gasteiger charge is 1.98. The number of hydrogen-bond acceptors (Lipinski definition) is 3. The van der Waals surface area contributed by atoms with Gasteiger partial charge in [0.1, 0.15) is 0 Å². The number of hydrogen-bond donors (Lipinski definition) is 2. The van der Waals surface area contributed by atoms with Crippen LogP contribution in [-0.2, 0) is 6.54 Å². The summed E-state index contributed by atoms with van der Waals surface area (Å²) in [6.07, 6.45) is 2.07. The summed E-state index contributed by atoms with van der Waals surface area (Å²) >= 11 is 1.75. The number of thioether (sulfide) groups is 1. The molecule has 0 radical (unpaired) electrons. The van der Waals surface area contributed by atoms with Gasteiger partial charge in [-0.25, -0.2) is 0 Å². The van der Waals surface area contributed by atoms with Gasteiger partial charge in [-0.1, -0.05) is 12.1 Å². The lowest BCUT2D eigenvalue weighted by Crippen LogP contribution is -2.28. The van der Waals surface area contributed by atoms with Gasteiger partial charge in [-0.3, -0.25) is 0 Å². The van der Waals surface area contributed by atoms with E-state index in [1.54, 1.807) is 11.8 Å². The number of nitrogens with one attached hydrogen (secondary N) is 1. The van der Waals surface area contributed by atoms with E-state index in [1.165, 1.54) is 10.5 Å². The van der Waals surface area contributed by atoms with Crippen LogP contribution in [0.4, 0.5) is 0 Å². The molecule has 14 heavy (non-hydrogen) atoms. The summed E-state index contributed by atoms with van der Waals surface area (Å²) < 4.78 is 0. The monoisotopic (exact) mass is 211 g/mol. The van der Waals surface area contributed by atoms with E-state index in [0.29, 0.717) is 0 Å². The van der Waals surface area contributed by atoms with Crippen molar-refractivity contribution in [2.45, 2.75) is 24.4 Å². The first-order valence-corrected chi connectivity index (χ1v) is 5.96. The van der Waals surface area contributed by atoms with E-state index in [0.717, 1.165) is 6.54 Å². The minimum absolute atomic E-state index is 0.162.